The number of hydrogen-bond donors (Lipinski definition) is 3. The van der Waals surface area contributed by atoms with Crippen molar-refractivity contribution in [2.75, 3.05) is 5.73 Å². The highest BCUT2D eigenvalue weighted by atomic mass is 16.3. The molecule has 0 aromatic carbocycles. The van der Waals surface area contributed by atoms with Gasteiger partial charge in [-0.3, -0.25) is 10.2 Å². The number of anilines is 1. The molecule has 0 atom stereocenters. The van der Waals surface area contributed by atoms with Gasteiger partial charge in [0.15, 0.2) is 5.76 Å². The van der Waals surface area contributed by atoms with Crippen molar-refractivity contribution >= 4 is 11.9 Å². The van der Waals surface area contributed by atoms with Crippen molar-refractivity contribution in [2.45, 2.75) is 6.92 Å². The van der Waals surface area contributed by atoms with Gasteiger partial charge >= 0.3 is 0 Å². The van der Waals surface area contributed by atoms with Gasteiger partial charge < -0.3 is 10.2 Å². The Kier molecular flexibility index (Phi) is 2.75. The van der Waals surface area contributed by atoms with Gasteiger partial charge in [0, 0.05) is 0 Å². The molecule has 17 heavy (non-hydrogen) atoms. The number of amides is 1. The molecule has 1 amide bonds. The molecule has 88 valence electrons. The first-order valence-electron chi connectivity index (χ1n) is 4.82. The van der Waals surface area contributed by atoms with E-state index in [0.29, 0.717) is 17.1 Å². The number of nitrogens with zero attached hydrogens (tertiary/aromatic N) is 2. The highest BCUT2D eigenvalue weighted by Crippen LogP contribution is 2.24. The van der Waals surface area contributed by atoms with Crippen LogP contribution in [0.4, 0.5) is 5.95 Å². The Morgan fingerprint density at radius 3 is 2.82 bits per heavy atom. The molecule has 2 aromatic heterocycles. The number of aromatic nitrogens is 2. The van der Waals surface area contributed by atoms with E-state index in [9.17, 15) is 4.79 Å². The number of hydrogen-bond acceptors (Lipinski definition) is 6. The fourth-order valence-electron chi connectivity index (χ4n) is 1.53. The van der Waals surface area contributed by atoms with Crippen molar-refractivity contribution in [3.8, 4) is 11.5 Å². The lowest BCUT2D eigenvalue weighted by Gasteiger charge is -2.08. The number of carbonyl (C=O) groups excluding carboxylic acids is 1. The first-order valence-corrected chi connectivity index (χ1v) is 4.82. The molecule has 0 fully saturated rings. The Morgan fingerprint density at radius 1 is 1.47 bits per heavy atom. The van der Waals surface area contributed by atoms with Crippen LogP contribution in [0.3, 0.4) is 0 Å². The minimum atomic E-state index is -0.492. The molecule has 2 rings (SSSR count). The SMILES string of the molecule is Cc1nc(N)nc(-c2ccco2)c1C(=O)NN. The van der Waals surface area contributed by atoms with Crippen LogP contribution in [0.5, 0.6) is 0 Å². The third kappa shape index (κ3) is 1.95. The molecule has 0 aliphatic heterocycles. The summed E-state index contributed by atoms with van der Waals surface area (Å²) in [6.07, 6.45) is 1.48. The van der Waals surface area contributed by atoms with E-state index in [1.807, 2.05) is 5.43 Å². The topological polar surface area (TPSA) is 120 Å². The van der Waals surface area contributed by atoms with E-state index >= 15 is 0 Å². The van der Waals surface area contributed by atoms with Crippen LogP contribution in [0.15, 0.2) is 22.8 Å². The van der Waals surface area contributed by atoms with Gasteiger partial charge in [-0.25, -0.2) is 15.8 Å². The lowest BCUT2D eigenvalue weighted by Crippen LogP contribution is -2.31. The third-order valence-electron chi connectivity index (χ3n) is 2.22. The summed E-state index contributed by atoms with van der Waals surface area (Å²) in [4.78, 5) is 19.6. The number of hydrazine groups is 1. The fourth-order valence-corrected chi connectivity index (χ4v) is 1.53. The van der Waals surface area contributed by atoms with Crippen LogP contribution in [0, 0.1) is 6.92 Å². The molecular weight excluding hydrogens is 222 g/mol. The molecule has 0 bridgehead atoms. The van der Waals surface area contributed by atoms with Gasteiger partial charge in [0.1, 0.15) is 5.69 Å². The summed E-state index contributed by atoms with van der Waals surface area (Å²) in [6.45, 7) is 1.65. The Balaban J connectivity index is 2.68. The first kappa shape index (κ1) is 11.1. The van der Waals surface area contributed by atoms with E-state index in [0.717, 1.165) is 0 Å². The maximum atomic E-state index is 11.7. The Morgan fingerprint density at radius 2 is 2.24 bits per heavy atom. The third-order valence-corrected chi connectivity index (χ3v) is 2.22. The normalized spacial score (nSPS) is 10.2. The van der Waals surface area contributed by atoms with Crippen LogP contribution in [-0.4, -0.2) is 15.9 Å². The lowest BCUT2D eigenvalue weighted by atomic mass is 10.1. The summed E-state index contributed by atoms with van der Waals surface area (Å²) >= 11 is 0. The number of nitrogens with one attached hydrogen (secondary N) is 1. The largest absolute Gasteiger partial charge is 0.463 e. The predicted octanol–water partition coefficient (Wildman–Crippen LogP) is 0.231. The molecule has 5 N–H and O–H groups in total. The highest BCUT2D eigenvalue weighted by Gasteiger charge is 2.20. The monoisotopic (exact) mass is 233 g/mol. The van der Waals surface area contributed by atoms with E-state index in [4.69, 9.17) is 16.0 Å². The van der Waals surface area contributed by atoms with Gasteiger partial charge in [-0.05, 0) is 19.1 Å². The maximum absolute atomic E-state index is 11.7. The first-order chi connectivity index (χ1) is 8.13. The number of furan rings is 1. The molecule has 0 spiro atoms. The van der Waals surface area contributed by atoms with Crippen LogP contribution in [0.25, 0.3) is 11.5 Å². The molecule has 7 heteroatoms. The van der Waals surface area contributed by atoms with Crippen molar-refractivity contribution < 1.29 is 9.21 Å². The van der Waals surface area contributed by atoms with Crippen LogP contribution in [0.1, 0.15) is 16.1 Å². The van der Waals surface area contributed by atoms with Crippen molar-refractivity contribution in [3.05, 3.63) is 29.7 Å². The van der Waals surface area contributed by atoms with Crippen LogP contribution < -0.4 is 17.0 Å². The molecule has 0 aliphatic rings. The highest BCUT2D eigenvalue weighted by molar-refractivity contribution is 6.00. The second-order valence-corrected chi connectivity index (χ2v) is 3.34. The molecule has 0 saturated carbocycles. The molecule has 7 nitrogen and oxygen atoms in total. The molecule has 2 heterocycles. The molecular formula is C10H11N5O2. The smallest absolute Gasteiger partial charge is 0.269 e. The van der Waals surface area contributed by atoms with E-state index in [1.54, 1.807) is 19.1 Å². The Bertz CT molecular complexity index is 550. The van der Waals surface area contributed by atoms with Crippen molar-refractivity contribution in [2.24, 2.45) is 5.84 Å². The number of nitrogens with two attached hydrogens (primary N) is 2. The maximum Gasteiger partial charge on any atom is 0.269 e. The molecule has 2 aromatic rings. The van der Waals surface area contributed by atoms with Crippen LogP contribution in [-0.2, 0) is 0 Å². The van der Waals surface area contributed by atoms with E-state index in [2.05, 4.69) is 9.97 Å². The lowest BCUT2D eigenvalue weighted by molar-refractivity contribution is 0.0953. The second kappa shape index (κ2) is 4.22. The standard InChI is InChI=1S/C10H11N5O2/c1-5-7(9(16)15-12)8(14-10(11)13-5)6-3-2-4-17-6/h2-4H,12H2,1H3,(H,15,16)(H2,11,13,14). The summed E-state index contributed by atoms with van der Waals surface area (Å²) in [5.41, 5.74) is 8.60. The van der Waals surface area contributed by atoms with E-state index < -0.39 is 5.91 Å². The zero-order valence-corrected chi connectivity index (χ0v) is 9.10. The van der Waals surface area contributed by atoms with E-state index in [1.165, 1.54) is 6.26 Å². The van der Waals surface area contributed by atoms with Gasteiger partial charge in [-0.2, -0.15) is 0 Å². The molecule has 0 saturated heterocycles. The molecule has 0 unspecified atom stereocenters. The van der Waals surface area contributed by atoms with Gasteiger partial charge in [-0.15, -0.1) is 0 Å². The summed E-state index contributed by atoms with van der Waals surface area (Å²) in [7, 11) is 0. The van der Waals surface area contributed by atoms with Crippen molar-refractivity contribution in [3.63, 3.8) is 0 Å². The average molecular weight is 233 g/mol. The molecule has 0 radical (unpaired) electrons. The van der Waals surface area contributed by atoms with Gasteiger partial charge in [0.25, 0.3) is 5.91 Å². The second-order valence-electron chi connectivity index (χ2n) is 3.34. The minimum absolute atomic E-state index is 0.0717. The van der Waals surface area contributed by atoms with Gasteiger partial charge in [0.2, 0.25) is 5.95 Å². The van der Waals surface area contributed by atoms with Crippen molar-refractivity contribution in [1.29, 1.82) is 0 Å². The quantitative estimate of drug-likeness (QED) is 0.388. The Hall–Kier alpha value is -2.41. The van der Waals surface area contributed by atoms with Crippen LogP contribution in [0.2, 0.25) is 0 Å². The number of nitrogen functional groups attached to an aromatic ring is 2. The predicted molar refractivity (Wildman–Crippen MR) is 60.5 cm³/mol. The zero-order valence-electron chi connectivity index (χ0n) is 9.10. The van der Waals surface area contributed by atoms with Gasteiger partial charge in [0.05, 0.1) is 17.5 Å². The van der Waals surface area contributed by atoms with Gasteiger partial charge in [-0.1, -0.05) is 0 Å². The summed E-state index contributed by atoms with van der Waals surface area (Å²) < 4.78 is 5.20. The number of carbonyl (C=O) groups is 1. The van der Waals surface area contributed by atoms with Crippen LogP contribution >= 0.6 is 0 Å². The summed E-state index contributed by atoms with van der Waals surface area (Å²) in [5, 5.41) is 0. The summed E-state index contributed by atoms with van der Waals surface area (Å²) in [6, 6.07) is 3.36. The minimum Gasteiger partial charge on any atom is -0.463 e. The Labute approximate surface area is 96.8 Å². The van der Waals surface area contributed by atoms with Crippen molar-refractivity contribution in [1.82, 2.24) is 15.4 Å². The average Bonchev–Trinajstić information content (AvgIpc) is 2.80. The van der Waals surface area contributed by atoms with E-state index in [-0.39, 0.29) is 11.5 Å². The number of rotatable bonds is 2. The fraction of sp³-hybridized carbons (Fsp3) is 0.100. The number of aryl methyl sites for hydroxylation is 1. The zero-order chi connectivity index (χ0) is 12.4. The summed E-state index contributed by atoms with van der Waals surface area (Å²) in [5.74, 6) is 5.13. The molecule has 0 aliphatic carbocycles.